The van der Waals surface area contributed by atoms with E-state index in [9.17, 15) is 4.79 Å². The quantitative estimate of drug-likeness (QED) is 0.825. The maximum atomic E-state index is 12.5. The first kappa shape index (κ1) is 18.2. The van der Waals surface area contributed by atoms with Crippen LogP contribution in [0.1, 0.15) is 29.9 Å². The van der Waals surface area contributed by atoms with Gasteiger partial charge in [-0.3, -0.25) is 4.79 Å². The number of benzene rings is 1. The minimum atomic E-state index is -0.0552. The number of ether oxygens (including phenoxy) is 2. The van der Waals surface area contributed by atoms with Gasteiger partial charge in [0.1, 0.15) is 17.7 Å². The Morgan fingerprint density at radius 1 is 1.23 bits per heavy atom. The van der Waals surface area contributed by atoms with Crippen molar-refractivity contribution in [3.8, 4) is 11.6 Å². The van der Waals surface area contributed by atoms with Crippen LogP contribution in [0.4, 0.5) is 0 Å². The van der Waals surface area contributed by atoms with Crippen LogP contribution >= 0.6 is 0 Å². The molecular weight excluding hydrogens is 330 g/mol. The molecule has 1 amide bonds. The lowest BCUT2D eigenvalue weighted by Crippen LogP contribution is -2.46. The number of amides is 1. The lowest BCUT2D eigenvalue weighted by molar-refractivity contribution is -0.136. The van der Waals surface area contributed by atoms with Crippen molar-refractivity contribution in [2.75, 3.05) is 19.7 Å². The van der Waals surface area contributed by atoms with E-state index in [1.54, 1.807) is 0 Å². The Labute approximate surface area is 154 Å². The predicted molar refractivity (Wildman–Crippen MR) is 98.4 cm³/mol. The first-order chi connectivity index (χ1) is 12.5. The van der Waals surface area contributed by atoms with Gasteiger partial charge in [-0.15, -0.1) is 0 Å². The maximum Gasteiger partial charge on any atom is 0.260 e. The zero-order valence-electron chi connectivity index (χ0n) is 15.6. The molecule has 0 spiro atoms. The highest BCUT2D eigenvalue weighted by molar-refractivity contribution is 5.77. The first-order valence-electron chi connectivity index (χ1n) is 8.96. The summed E-state index contributed by atoms with van der Waals surface area (Å²) in [5.74, 6) is 1.96. The molecule has 1 aromatic carbocycles. The fraction of sp³-hybridized carbons (Fsp3) is 0.450. The molecule has 1 aromatic heterocycles. The summed E-state index contributed by atoms with van der Waals surface area (Å²) in [5.41, 5.74) is 1.99. The minimum absolute atomic E-state index is 0.0187. The third kappa shape index (κ3) is 4.94. The van der Waals surface area contributed by atoms with Crippen LogP contribution in [0.5, 0.6) is 11.6 Å². The van der Waals surface area contributed by atoms with E-state index in [2.05, 4.69) is 9.97 Å². The molecule has 3 rings (SSSR count). The number of hydrogen-bond donors (Lipinski definition) is 0. The molecule has 1 atom stereocenters. The Kier molecular flexibility index (Phi) is 5.71. The number of aromatic nitrogens is 2. The van der Waals surface area contributed by atoms with Gasteiger partial charge in [-0.1, -0.05) is 12.1 Å². The van der Waals surface area contributed by atoms with Crippen LogP contribution in [-0.2, 0) is 4.79 Å². The van der Waals surface area contributed by atoms with E-state index < -0.39 is 0 Å². The van der Waals surface area contributed by atoms with Crippen LogP contribution in [0.25, 0.3) is 0 Å². The number of carbonyl (C=O) groups excluding carboxylic acids is 1. The second-order valence-electron chi connectivity index (χ2n) is 6.72. The molecule has 0 bridgehead atoms. The molecule has 2 aromatic rings. The van der Waals surface area contributed by atoms with Gasteiger partial charge in [-0.25, -0.2) is 4.98 Å². The van der Waals surface area contributed by atoms with Gasteiger partial charge in [0.25, 0.3) is 5.91 Å². The summed E-state index contributed by atoms with van der Waals surface area (Å²) < 4.78 is 11.6. The molecule has 1 saturated heterocycles. The SMILES string of the molecule is Cc1cccc(OCC(=O)N2CCCC(Oc3cc(C)nc(C)n3)C2)c1. The van der Waals surface area contributed by atoms with Crippen molar-refractivity contribution in [1.82, 2.24) is 14.9 Å². The highest BCUT2D eigenvalue weighted by atomic mass is 16.5. The number of aryl methyl sites for hydroxylation is 3. The van der Waals surface area contributed by atoms with Gasteiger partial charge in [-0.05, 0) is 51.3 Å². The summed E-state index contributed by atoms with van der Waals surface area (Å²) in [6.07, 6.45) is 1.76. The Hall–Kier alpha value is -2.63. The van der Waals surface area contributed by atoms with Crippen molar-refractivity contribution >= 4 is 5.91 Å². The summed E-state index contributed by atoms with van der Waals surface area (Å²) in [5, 5.41) is 0. The minimum Gasteiger partial charge on any atom is -0.484 e. The van der Waals surface area contributed by atoms with Crippen molar-refractivity contribution in [3.05, 3.63) is 47.4 Å². The average Bonchev–Trinajstić information content (AvgIpc) is 2.59. The molecule has 1 unspecified atom stereocenters. The van der Waals surface area contributed by atoms with Gasteiger partial charge in [0.2, 0.25) is 5.88 Å². The van der Waals surface area contributed by atoms with Crippen LogP contribution in [0.2, 0.25) is 0 Å². The van der Waals surface area contributed by atoms with E-state index >= 15 is 0 Å². The second kappa shape index (κ2) is 8.17. The maximum absolute atomic E-state index is 12.5. The van der Waals surface area contributed by atoms with Crippen LogP contribution in [0, 0.1) is 20.8 Å². The van der Waals surface area contributed by atoms with Crippen molar-refractivity contribution in [2.45, 2.75) is 39.7 Å². The molecular formula is C20H25N3O3. The summed E-state index contributed by atoms with van der Waals surface area (Å²) >= 11 is 0. The number of hydrogen-bond acceptors (Lipinski definition) is 5. The molecule has 1 fully saturated rings. The van der Waals surface area contributed by atoms with Crippen molar-refractivity contribution in [1.29, 1.82) is 0 Å². The second-order valence-corrected chi connectivity index (χ2v) is 6.72. The van der Waals surface area contributed by atoms with E-state index in [0.717, 1.165) is 36.4 Å². The zero-order valence-corrected chi connectivity index (χ0v) is 15.6. The van der Waals surface area contributed by atoms with Crippen LogP contribution in [0.15, 0.2) is 30.3 Å². The van der Waals surface area contributed by atoms with Crippen LogP contribution < -0.4 is 9.47 Å². The highest BCUT2D eigenvalue weighted by Crippen LogP contribution is 2.18. The van der Waals surface area contributed by atoms with Gasteiger partial charge in [0.05, 0.1) is 6.54 Å². The topological polar surface area (TPSA) is 64.5 Å². The summed E-state index contributed by atoms with van der Waals surface area (Å²) in [6, 6.07) is 9.54. The number of rotatable bonds is 5. The Morgan fingerprint density at radius 2 is 2.08 bits per heavy atom. The van der Waals surface area contributed by atoms with Gasteiger partial charge in [-0.2, -0.15) is 4.98 Å². The molecule has 138 valence electrons. The number of nitrogens with zero attached hydrogens (tertiary/aromatic N) is 3. The third-order valence-corrected chi connectivity index (χ3v) is 4.31. The van der Waals surface area contributed by atoms with Crippen LogP contribution in [-0.4, -0.2) is 46.6 Å². The summed E-state index contributed by atoms with van der Waals surface area (Å²) in [4.78, 5) is 22.9. The van der Waals surface area contributed by atoms with Gasteiger partial charge < -0.3 is 14.4 Å². The lowest BCUT2D eigenvalue weighted by Gasteiger charge is -2.32. The molecule has 0 saturated carbocycles. The van der Waals surface area contributed by atoms with Gasteiger partial charge in [0.15, 0.2) is 6.61 Å². The fourth-order valence-electron chi connectivity index (χ4n) is 3.12. The Balaban J connectivity index is 1.54. The van der Waals surface area contributed by atoms with E-state index in [1.165, 1.54) is 0 Å². The van der Waals surface area contributed by atoms with E-state index in [1.807, 2.05) is 56.0 Å². The average molecular weight is 355 g/mol. The van der Waals surface area contributed by atoms with E-state index in [-0.39, 0.29) is 18.6 Å². The molecule has 6 nitrogen and oxygen atoms in total. The van der Waals surface area contributed by atoms with Crippen molar-refractivity contribution < 1.29 is 14.3 Å². The molecule has 1 aliphatic heterocycles. The molecule has 2 heterocycles. The monoisotopic (exact) mass is 355 g/mol. The summed E-state index contributed by atoms with van der Waals surface area (Å²) in [6.45, 7) is 7.09. The number of carbonyl (C=O) groups is 1. The third-order valence-electron chi connectivity index (χ3n) is 4.31. The Bertz CT molecular complexity index is 758. The smallest absolute Gasteiger partial charge is 0.260 e. The largest absolute Gasteiger partial charge is 0.484 e. The van der Waals surface area contributed by atoms with Gasteiger partial charge in [0, 0.05) is 18.3 Å². The van der Waals surface area contributed by atoms with Gasteiger partial charge >= 0.3 is 0 Å². The molecule has 0 N–H and O–H groups in total. The molecule has 1 aliphatic rings. The van der Waals surface area contributed by atoms with Crippen molar-refractivity contribution in [2.24, 2.45) is 0 Å². The van der Waals surface area contributed by atoms with Crippen LogP contribution in [0.3, 0.4) is 0 Å². The molecule has 26 heavy (non-hydrogen) atoms. The summed E-state index contributed by atoms with van der Waals surface area (Å²) in [7, 11) is 0. The number of likely N-dealkylation sites (tertiary alicyclic amines) is 1. The molecule has 6 heteroatoms. The molecule has 0 aliphatic carbocycles. The molecule has 0 radical (unpaired) electrons. The zero-order chi connectivity index (χ0) is 18.5. The Morgan fingerprint density at radius 3 is 2.85 bits per heavy atom. The van der Waals surface area contributed by atoms with E-state index in [4.69, 9.17) is 9.47 Å². The number of piperidine rings is 1. The highest BCUT2D eigenvalue weighted by Gasteiger charge is 2.25. The van der Waals surface area contributed by atoms with E-state index in [0.29, 0.717) is 18.2 Å². The lowest BCUT2D eigenvalue weighted by atomic mass is 10.1. The van der Waals surface area contributed by atoms with Crippen molar-refractivity contribution in [3.63, 3.8) is 0 Å². The fourth-order valence-corrected chi connectivity index (χ4v) is 3.12. The normalized spacial score (nSPS) is 17.0. The standard InChI is InChI=1S/C20H25N3O3/c1-14-6-4-7-17(10-14)25-13-20(24)23-9-5-8-18(12-23)26-19-11-15(2)21-16(3)22-19/h4,6-7,10-11,18H,5,8-9,12-13H2,1-3H3. The first-order valence-corrected chi connectivity index (χ1v) is 8.96. The predicted octanol–water partition coefficient (Wildman–Crippen LogP) is 2.85.